The molecule has 0 saturated heterocycles. The van der Waals surface area contributed by atoms with E-state index in [1.807, 2.05) is 30.5 Å². The highest BCUT2D eigenvalue weighted by Gasteiger charge is 2.16. The monoisotopic (exact) mass is 392 g/mol. The maximum atomic E-state index is 12.6. The van der Waals surface area contributed by atoms with Gasteiger partial charge in [0.15, 0.2) is 0 Å². The quantitative estimate of drug-likeness (QED) is 0.563. The van der Waals surface area contributed by atoms with Crippen molar-refractivity contribution in [3.8, 4) is 11.1 Å². The van der Waals surface area contributed by atoms with E-state index in [0.717, 1.165) is 17.4 Å². The predicted molar refractivity (Wildman–Crippen MR) is 101 cm³/mol. The van der Waals surface area contributed by atoms with Crippen molar-refractivity contribution < 1.29 is 17.9 Å². The molecule has 2 aromatic heterocycles. The Morgan fingerprint density at radius 3 is 2.59 bits per heavy atom. The number of nitrogens with two attached hydrogens (primary N) is 1. The standard InChI is InChI=1S/C18H21FN4O3S/c1-27(25,26)21-10-15-11-23-7-6-14(8-17(23)22-15)12-2-4-13(5-3-12)18(24)16(20)9-19/h2-8,11,16,18,21,24H,9-10,20H2,1H3. The molecule has 1 aromatic carbocycles. The number of benzene rings is 1. The van der Waals surface area contributed by atoms with Gasteiger partial charge in [-0.3, -0.25) is 0 Å². The van der Waals surface area contributed by atoms with Gasteiger partial charge in [-0.25, -0.2) is 22.5 Å². The zero-order valence-electron chi connectivity index (χ0n) is 14.7. The molecule has 4 N–H and O–H groups in total. The largest absolute Gasteiger partial charge is 0.387 e. The van der Waals surface area contributed by atoms with E-state index in [-0.39, 0.29) is 6.54 Å². The number of hydrogen-bond acceptors (Lipinski definition) is 5. The Balaban J connectivity index is 1.82. The smallest absolute Gasteiger partial charge is 0.209 e. The van der Waals surface area contributed by atoms with Crippen LogP contribution >= 0.6 is 0 Å². The minimum absolute atomic E-state index is 0.122. The van der Waals surface area contributed by atoms with E-state index >= 15 is 0 Å². The average molecular weight is 392 g/mol. The summed E-state index contributed by atoms with van der Waals surface area (Å²) in [7, 11) is -3.28. The topological polar surface area (TPSA) is 110 Å². The summed E-state index contributed by atoms with van der Waals surface area (Å²) < 4.78 is 39.2. The molecule has 27 heavy (non-hydrogen) atoms. The lowest BCUT2D eigenvalue weighted by Gasteiger charge is -2.16. The van der Waals surface area contributed by atoms with E-state index < -0.39 is 28.8 Å². The van der Waals surface area contributed by atoms with Crippen LogP contribution in [0.3, 0.4) is 0 Å². The first kappa shape index (κ1) is 19.4. The number of fused-ring (bicyclic) bond motifs is 1. The second-order valence-electron chi connectivity index (χ2n) is 6.39. The molecule has 0 bridgehead atoms. The molecule has 2 atom stereocenters. The van der Waals surface area contributed by atoms with Gasteiger partial charge in [0.05, 0.1) is 30.6 Å². The SMILES string of the molecule is CS(=O)(=O)NCc1cn2ccc(-c3ccc(C(O)C(N)CF)cc3)cc2n1. The number of pyridine rings is 1. The van der Waals surface area contributed by atoms with Gasteiger partial charge in [0.25, 0.3) is 0 Å². The van der Waals surface area contributed by atoms with Gasteiger partial charge in [0.1, 0.15) is 12.3 Å². The number of alkyl halides is 1. The Morgan fingerprint density at radius 2 is 1.96 bits per heavy atom. The molecular weight excluding hydrogens is 371 g/mol. The summed E-state index contributed by atoms with van der Waals surface area (Å²) in [4.78, 5) is 4.42. The molecule has 9 heteroatoms. The second-order valence-corrected chi connectivity index (χ2v) is 8.22. The maximum absolute atomic E-state index is 12.6. The number of aromatic nitrogens is 2. The van der Waals surface area contributed by atoms with Crippen molar-refractivity contribution in [2.75, 3.05) is 12.9 Å². The third-order valence-electron chi connectivity index (χ3n) is 4.19. The lowest BCUT2D eigenvalue weighted by atomic mass is 10.00. The summed E-state index contributed by atoms with van der Waals surface area (Å²) in [5, 5.41) is 9.98. The van der Waals surface area contributed by atoms with Gasteiger partial charge in [-0.2, -0.15) is 0 Å². The lowest BCUT2D eigenvalue weighted by molar-refractivity contribution is 0.132. The number of imidazole rings is 1. The minimum atomic E-state index is -3.28. The number of halogens is 1. The van der Waals surface area contributed by atoms with Crippen LogP contribution < -0.4 is 10.5 Å². The molecule has 2 unspecified atom stereocenters. The zero-order chi connectivity index (χ0) is 19.6. The zero-order valence-corrected chi connectivity index (χ0v) is 15.5. The van der Waals surface area contributed by atoms with Crippen LogP contribution in [0.5, 0.6) is 0 Å². The van der Waals surface area contributed by atoms with Crippen LogP contribution in [0.2, 0.25) is 0 Å². The first-order chi connectivity index (χ1) is 12.8. The number of rotatable bonds is 7. The van der Waals surface area contributed by atoms with Gasteiger partial charge in [-0.15, -0.1) is 0 Å². The van der Waals surface area contributed by atoms with Gasteiger partial charge in [-0.1, -0.05) is 24.3 Å². The Morgan fingerprint density at radius 1 is 1.26 bits per heavy atom. The van der Waals surface area contributed by atoms with Crippen LogP contribution in [-0.2, 0) is 16.6 Å². The van der Waals surface area contributed by atoms with Gasteiger partial charge >= 0.3 is 0 Å². The molecule has 144 valence electrons. The molecule has 2 heterocycles. The summed E-state index contributed by atoms with van der Waals surface area (Å²) in [5.41, 5.74) is 9.19. The normalized spacial score (nSPS) is 14.4. The second kappa shape index (κ2) is 7.73. The van der Waals surface area contributed by atoms with Crippen molar-refractivity contribution >= 4 is 15.7 Å². The molecule has 0 aliphatic rings. The molecule has 3 rings (SSSR count). The van der Waals surface area contributed by atoms with Crippen LogP contribution in [0.25, 0.3) is 16.8 Å². The summed E-state index contributed by atoms with van der Waals surface area (Å²) in [6, 6.07) is 9.91. The van der Waals surface area contributed by atoms with E-state index in [2.05, 4.69) is 9.71 Å². The first-order valence-electron chi connectivity index (χ1n) is 8.29. The van der Waals surface area contributed by atoms with Crippen molar-refractivity contribution in [3.63, 3.8) is 0 Å². The molecule has 7 nitrogen and oxygen atoms in total. The predicted octanol–water partition coefficient (Wildman–Crippen LogP) is 1.38. The highest BCUT2D eigenvalue weighted by molar-refractivity contribution is 7.88. The van der Waals surface area contributed by atoms with Crippen LogP contribution in [0.4, 0.5) is 4.39 Å². The fourth-order valence-corrected chi connectivity index (χ4v) is 3.12. The highest BCUT2D eigenvalue weighted by Crippen LogP contribution is 2.24. The van der Waals surface area contributed by atoms with Crippen LogP contribution in [0.15, 0.2) is 48.8 Å². The van der Waals surface area contributed by atoms with Gasteiger partial charge in [-0.05, 0) is 28.8 Å². The van der Waals surface area contributed by atoms with E-state index in [9.17, 15) is 17.9 Å². The fourth-order valence-electron chi connectivity index (χ4n) is 2.71. The molecule has 0 radical (unpaired) electrons. The first-order valence-corrected chi connectivity index (χ1v) is 10.2. The van der Waals surface area contributed by atoms with Crippen molar-refractivity contribution in [1.29, 1.82) is 0 Å². The Bertz CT molecular complexity index is 1030. The number of nitrogens with zero attached hydrogens (tertiary/aromatic N) is 2. The van der Waals surface area contributed by atoms with Crippen molar-refractivity contribution in [2.45, 2.75) is 18.7 Å². The highest BCUT2D eigenvalue weighted by atomic mass is 32.2. The van der Waals surface area contributed by atoms with E-state index in [0.29, 0.717) is 16.9 Å². The number of aliphatic hydroxyl groups excluding tert-OH is 1. The fraction of sp³-hybridized carbons (Fsp3) is 0.278. The number of sulfonamides is 1. The molecule has 0 fully saturated rings. The molecule has 3 aromatic rings. The van der Waals surface area contributed by atoms with Gasteiger partial charge in [0, 0.05) is 12.4 Å². The number of hydrogen-bond donors (Lipinski definition) is 3. The number of aliphatic hydroxyl groups is 1. The van der Waals surface area contributed by atoms with Crippen LogP contribution in [0.1, 0.15) is 17.4 Å². The third-order valence-corrected chi connectivity index (χ3v) is 4.86. The van der Waals surface area contributed by atoms with E-state index in [4.69, 9.17) is 5.73 Å². The summed E-state index contributed by atoms with van der Waals surface area (Å²) in [6.45, 7) is -0.673. The molecule has 0 saturated carbocycles. The van der Waals surface area contributed by atoms with Crippen molar-refractivity contribution in [1.82, 2.24) is 14.1 Å². The molecule has 0 amide bonds. The summed E-state index contributed by atoms with van der Waals surface area (Å²) in [6.07, 6.45) is 3.64. The minimum Gasteiger partial charge on any atom is -0.387 e. The Hall–Kier alpha value is -2.33. The Kier molecular flexibility index (Phi) is 5.56. The van der Waals surface area contributed by atoms with Crippen LogP contribution in [-0.4, -0.2) is 41.9 Å². The third kappa shape index (κ3) is 4.69. The van der Waals surface area contributed by atoms with Gasteiger partial charge in [0.2, 0.25) is 10.0 Å². The Labute approximate surface area is 156 Å². The molecule has 0 aliphatic carbocycles. The molecule has 0 spiro atoms. The molecular formula is C18H21FN4O3S. The van der Waals surface area contributed by atoms with E-state index in [1.165, 1.54) is 0 Å². The average Bonchev–Trinajstić information content (AvgIpc) is 3.07. The van der Waals surface area contributed by atoms with Crippen LogP contribution in [0, 0.1) is 0 Å². The summed E-state index contributed by atoms with van der Waals surface area (Å²) >= 11 is 0. The van der Waals surface area contributed by atoms with E-state index in [1.54, 1.807) is 22.7 Å². The van der Waals surface area contributed by atoms with Crippen molar-refractivity contribution in [3.05, 3.63) is 60.0 Å². The number of nitrogens with one attached hydrogen (secondary N) is 1. The summed E-state index contributed by atoms with van der Waals surface area (Å²) in [5.74, 6) is 0. The maximum Gasteiger partial charge on any atom is 0.209 e. The molecule has 0 aliphatic heterocycles. The van der Waals surface area contributed by atoms with Gasteiger partial charge < -0.3 is 15.2 Å². The van der Waals surface area contributed by atoms with Crippen molar-refractivity contribution in [2.24, 2.45) is 5.73 Å². The lowest BCUT2D eigenvalue weighted by Crippen LogP contribution is -2.30.